The van der Waals surface area contributed by atoms with Crippen molar-refractivity contribution in [2.24, 2.45) is 5.41 Å². The van der Waals surface area contributed by atoms with Crippen LogP contribution in [0.2, 0.25) is 0 Å². The van der Waals surface area contributed by atoms with Gasteiger partial charge in [-0.15, -0.1) is 0 Å². The van der Waals surface area contributed by atoms with Crippen molar-refractivity contribution in [3.63, 3.8) is 0 Å². The first-order valence-corrected chi connectivity index (χ1v) is 7.89. The summed E-state index contributed by atoms with van der Waals surface area (Å²) in [6.07, 6.45) is 2.60. The van der Waals surface area contributed by atoms with Crippen molar-refractivity contribution < 1.29 is 9.66 Å². The Morgan fingerprint density at radius 2 is 2.14 bits per heavy atom. The van der Waals surface area contributed by atoms with E-state index >= 15 is 0 Å². The second-order valence-electron chi connectivity index (χ2n) is 5.48. The molecule has 0 amide bonds. The van der Waals surface area contributed by atoms with Crippen molar-refractivity contribution in [1.82, 2.24) is 0 Å². The first kappa shape index (κ1) is 17.4. The number of halogens is 1. The third-order valence-corrected chi connectivity index (χ3v) is 3.76. The molecular weight excluding hydrogens is 336 g/mol. The summed E-state index contributed by atoms with van der Waals surface area (Å²) in [6, 6.07) is 6.87. The van der Waals surface area contributed by atoms with E-state index < -0.39 is 4.92 Å². The first-order chi connectivity index (χ1) is 9.89. The van der Waals surface area contributed by atoms with Gasteiger partial charge in [-0.2, -0.15) is 5.26 Å². The van der Waals surface area contributed by atoms with Gasteiger partial charge in [0.15, 0.2) is 0 Å². The molecule has 1 rings (SSSR count). The van der Waals surface area contributed by atoms with Crippen LogP contribution in [0.5, 0.6) is 5.75 Å². The largest absolute Gasteiger partial charge is 0.493 e. The highest BCUT2D eigenvalue weighted by Gasteiger charge is 2.15. The minimum Gasteiger partial charge on any atom is -0.493 e. The zero-order valence-electron chi connectivity index (χ0n) is 12.3. The standard InChI is InChI=1S/C15H19BrN2O3/c1-15(2,11-17)7-3-4-8-21-14-6-5-13(18(19)20)9-12(14)10-16/h5-6,9H,3-4,7-8,10H2,1-2H3. The second kappa shape index (κ2) is 7.99. The van der Waals surface area contributed by atoms with Crippen LogP contribution < -0.4 is 4.74 Å². The number of benzene rings is 1. The number of nitriles is 1. The number of non-ortho nitro benzene ring substituents is 1. The molecule has 0 fully saturated rings. The average molecular weight is 355 g/mol. The van der Waals surface area contributed by atoms with E-state index in [-0.39, 0.29) is 11.1 Å². The summed E-state index contributed by atoms with van der Waals surface area (Å²) >= 11 is 3.31. The number of nitrogens with zero attached hydrogens (tertiary/aromatic N) is 2. The Morgan fingerprint density at radius 1 is 1.43 bits per heavy atom. The van der Waals surface area contributed by atoms with E-state index in [4.69, 9.17) is 10.00 Å². The zero-order valence-corrected chi connectivity index (χ0v) is 13.9. The quantitative estimate of drug-likeness (QED) is 0.296. The fourth-order valence-electron chi connectivity index (χ4n) is 1.83. The molecule has 0 saturated carbocycles. The van der Waals surface area contributed by atoms with Gasteiger partial charge < -0.3 is 4.74 Å². The van der Waals surface area contributed by atoms with Crippen LogP contribution in [0.1, 0.15) is 38.7 Å². The minimum atomic E-state index is -0.417. The topological polar surface area (TPSA) is 76.2 Å². The molecule has 1 aromatic rings. The van der Waals surface area contributed by atoms with Gasteiger partial charge >= 0.3 is 0 Å². The predicted octanol–water partition coefficient (Wildman–Crippen LogP) is 4.59. The van der Waals surface area contributed by atoms with Gasteiger partial charge in [-0.25, -0.2) is 0 Å². The summed E-state index contributed by atoms with van der Waals surface area (Å²) < 4.78 is 5.68. The lowest BCUT2D eigenvalue weighted by Crippen LogP contribution is -2.08. The highest BCUT2D eigenvalue weighted by atomic mass is 79.9. The van der Waals surface area contributed by atoms with Crippen LogP contribution in [0, 0.1) is 26.9 Å². The summed E-state index contributed by atoms with van der Waals surface area (Å²) in [4.78, 5) is 10.3. The first-order valence-electron chi connectivity index (χ1n) is 6.77. The summed E-state index contributed by atoms with van der Waals surface area (Å²) in [7, 11) is 0. The average Bonchev–Trinajstić information content (AvgIpc) is 2.46. The number of nitro benzene ring substituents is 1. The fourth-order valence-corrected chi connectivity index (χ4v) is 2.27. The Kier molecular flexibility index (Phi) is 6.63. The van der Waals surface area contributed by atoms with Crippen LogP contribution in [0.25, 0.3) is 0 Å². The van der Waals surface area contributed by atoms with Crippen LogP contribution >= 0.6 is 15.9 Å². The van der Waals surface area contributed by atoms with Gasteiger partial charge in [0.25, 0.3) is 5.69 Å². The number of hydrogen-bond donors (Lipinski definition) is 0. The van der Waals surface area contributed by atoms with Crippen LogP contribution in [0.4, 0.5) is 5.69 Å². The van der Waals surface area contributed by atoms with Gasteiger partial charge in [0.05, 0.1) is 23.0 Å². The van der Waals surface area contributed by atoms with E-state index in [1.165, 1.54) is 12.1 Å². The molecule has 114 valence electrons. The maximum atomic E-state index is 10.7. The van der Waals surface area contributed by atoms with Crippen molar-refractivity contribution >= 4 is 21.6 Å². The Balaban J connectivity index is 2.49. The Labute approximate surface area is 133 Å². The summed E-state index contributed by atoms with van der Waals surface area (Å²) in [5, 5.41) is 20.2. The molecule has 5 nitrogen and oxygen atoms in total. The molecule has 0 aliphatic heterocycles. The normalized spacial score (nSPS) is 11.0. The zero-order chi connectivity index (χ0) is 15.9. The van der Waals surface area contributed by atoms with Gasteiger partial charge in [-0.1, -0.05) is 15.9 Å². The van der Waals surface area contributed by atoms with Gasteiger partial charge in [-0.3, -0.25) is 10.1 Å². The smallest absolute Gasteiger partial charge is 0.270 e. The van der Waals surface area contributed by atoms with Crippen molar-refractivity contribution in [3.05, 3.63) is 33.9 Å². The Bertz CT molecular complexity index is 538. The molecule has 0 spiro atoms. The lowest BCUT2D eigenvalue weighted by Gasteiger charge is -2.15. The molecule has 21 heavy (non-hydrogen) atoms. The lowest BCUT2D eigenvalue weighted by molar-refractivity contribution is -0.384. The van der Waals surface area contributed by atoms with Crippen molar-refractivity contribution in [3.8, 4) is 11.8 Å². The van der Waals surface area contributed by atoms with Crippen LogP contribution in [0.15, 0.2) is 18.2 Å². The summed E-state index contributed by atoms with van der Waals surface area (Å²) in [6.45, 7) is 4.39. The van der Waals surface area contributed by atoms with Gasteiger partial charge in [0.1, 0.15) is 5.75 Å². The molecule has 1 aromatic carbocycles. The number of nitro groups is 1. The number of rotatable bonds is 8. The molecule has 0 bridgehead atoms. The maximum absolute atomic E-state index is 10.7. The molecule has 0 heterocycles. The highest BCUT2D eigenvalue weighted by Crippen LogP contribution is 2.27. The molecule has 0 aliphatic rings. The van der Waals surface area contributed by atoms with E-state index in [9.17, 15) is 10.1 Å². The molecule has 0 N–H and O–H groups in total. The summed E-state index contributed by atoms with van der Waals surface area (Å²) in [5.74, 6) is 0.664. The van der Waals surface area contributed by atoms with Gasteiger partial charge in [0, 0.05) is 23.0 Å². The number of unbranched alkanes of at least 4 members (excludes halogenated alkanes) is 1. The van der Waals surface area contributed by atoms with Crippen molar-refractivity contribution in [1.29, 1.82) is 5.26 Å². The molecule has 0 aromatic heterocycles. The SMILES string of the molecule is CC(C)(C#N)CCCCOc1ccc([N+](=O)[O-])cc1CBr. The molecule has 6 heteroatoms. The van der Waals surface area contributed by atoms with E-state index in [1.54, 1.807) is 6.07 Å². The Morgan fingerprint density at radius 3 is 2.71 bits per heavy atom. The molecule has 0 saturated heterocycles. The number of ether oxygens (including phenoxy) is 1. The number of alkyl halides is 1. The third kappa shape index (κ3) is 5.72. The molecule has 0 atom stereocenters. The van der Waals surface area contributed by atoms with Crippen LogP contribution in [0.3, 0.4) is 0 Å². The molecule has 0 radical (unpaired) electrons. The number of hydrogen-bond acceptors (Lipinski definition) is 4. The molecular formula is C15H19BrN2O3. The van der Waals surface area contributed by atoms with Gasteiger partial charge in [0.2, 0.25) is 0 Å². The lowest BCUT2D eigenvalue weighted by atomic mass is 9.89. The monoisotopic (exact) mass is 354 g/mol. The van der Waals surface area contributed by atoms with Crippen molar-refractivity contribution in [2.75, 3.05) is 6.61 Å². The fraction of sp³-hybridized carbons (Fsp3) is 0.533. The third-order valence-electron chi connectivity index (χ3n) is 3.16. The predicted molar refractivity (Wildman–Crippen MR) is 84.5 cm³/mol. The second-order valence-corrected chi connectivity index (χ2v) is 6.04. The van der Waals surface area contributed by atoms with E-state index in [1.807, 2.05) is 13.8 Å². The van der Waals surface area contributed by atoms with Gasteiger partial charge in [-0.05, 0) is 39.2 Å². The molecule has 0 aliphatic carbocycles. The minimum absolute atomic E-state index is 0.0626. The van der Waals surface area contributed by atoms with Crippen LogP contribution in [-0.4, -0.2) is 11.5 Å². The maximum Gasteiger partial charge on any atom is 0.270 e. The summed E-state index contributed by atoms with van der Waals surface area (Å²) in [5.41, 5.74) is 0.531. The van der Waals surface area contributed by atoms with Crippen molar-refractivity contribution in [2.45, 2.75) is 38.4 Å². The van der Waals surface area contributed by atoms with Crippen LogP contribution in [-0.2, 0) is 5.33 Å². The highest BCUT2D eigenvalue weighted by molar-refractivity contribution is 9.08. The van der Waals surface area contributed by atoms with E-state index in [0.717, 1.165) is 24.8 Å². The molecule has 0 unspecified atom stereocenters. The van der Waals surface area contributed by atoms with E-state index in [2.05, 4.69) is 22.0 Å². The van der Waals surface area contributed by atoms with E-state index in [0.29, 0.717) is 17.7 Å². The Hall–Kier alpha value is -1.61.